The molecule has 1 aromatic carbocycles. The van der Waals surface area contributed by atoms with E-state index in [1.807, 2.05) is 0 Å². The lowest BCUT2D eigenvalue weighted by Crippen LogP contribution is -2.19. The Balaban J connectivity index is 2.39. The van der Waals surface area contributed by atoms with E-state index in [-0.39, 0.29) is 20.9 Å². The fourth-order valence-corrected chi connectivity index (χ4v) is 5.43. The average molecular weight is 392 g/mol. The second-order valence-electron chi connectivity index (χ2n) is 4.80. The van der Waals surface area contributed by atoms with Gasteiger partial charge in [-0.05, 0) is 29.8 Å². The van der Waals surface area contributed by atoms with Crippen molar-refractivity contribution in [1.82, 2.24) is 5.32 Å². The van der Waals surface area contributed by atoms with Crippen LogP contribution in [-0.2, 0) is 31.2 Å². The minimum Gasteiger partial charge on any atom is -0.352 e. The number of nitrogens with one attached hydrogen (secondary N) is 1. The van der Waals surface area contributed by atoms with E-state index in [0.29, 0.717) is 16.9 Å². The summed E-state index contributed by atoms with van der Waals surface area (Å²) in [5.74, 6) is -1.30. The molecular weight excluding hydrogens is 379 g/mol. The van der Waals surface area contributed by atoms with Crippen LogP contribution in [0.25, 0.3) is 0 Å². The molecule has 24 heavy (non-hydrogen) atoms. The molecule has 1 amide bonds. The third-order valence-corrected chi connectivity index (χ3v) is 7.73. The van der Waals surface area contributed by atoms with Crippen LogP contribution in [-0.4, -0.2) is 22.7 Å². The minimum absolute atomic E-state index is 0.0567. The summed E-state index contributed by atoms with van der Waals surface area (Å²) in [5, 5.41) is 7.40. The van der Waals surface area contributed by atoms with E-state index >= 15 is 0 Å². The lowest BCUT2D eigenvalue weighted by atomic mass is 10.2. The van der Waals surface area contributed by atoms with E-state index in [9.17, 15) is 26.0 Å². The van der Waals surface area contributed by atoms with E-state index in [1.165, 1.54) is 13.0 Å². The molecule has 11 heteroatoms. The van der Waals surface area contributed by atoms with Gasteiger partial charge in [0.2, 0.25) is 25.8 Å². The third kappa shape index (κ3) is 3.98. The Labute approximate surface area is 142 Å². The Morgan fingerprint density at radius 3 is 2.29 bits per heavy atom. The van der Waals surface area contributed by atoms with Crippen molar-refractivity contribution in [3.8, 4) is 0 Å². The summed E-state index contributed by atoms with van der Waals surface area (Å²) in [5.41, 5.74) is 0.387. The highest BCUT2D eigenvalue weighted by Gasteiger charge is 2.25. The van der Waals surface area contributed by atoms with Crippen LogP contribution in [0, 0.1) is 5.82 Å². The van der Waals surface area contributed by atoms with Crippen LogP contribution in [0.1, 0.15) is 12.5 Å². The highest BCUT2D eigenvalue weighted by atomic mass is 32.3. The Morgan fingerprint density at radius 1 is 1.17 bits per heavy atom. The number of sulfone groups is 1. The number of rotatable bonds is 5. The number of benzene rings is 1. The molecule has 7 nitrogen and oxygen atoms in total. The van der Waals surface area contributed by atoms with Crippen LogP contribution in [0.3, 0.4) is 0 Å². The normalized spacial score (nSPS) is 12.1. The SMILES string of the molecule is CC(=O)NCc1ccc(S(=O)(=O)c2ccc(S(N)(=O)=O)s2)c(F)c1. The number of thiophene rings is 1. The van der Waals surface area contributed by atoms with Crippen LogP contribution in [0.4, 0.5) is 4.39 Å². The van der Waals surface area contributed by atoms with Crippen molar-refractivity contribution in [3.05, 3.63) is 41.7 Å². The maximum absolute atomic E-state index is 14.2. The van der Waals surface area contributed by atoms with Crippen molar-refractivity contribution in [1.29, 1.82) is 0 Å². The lowest BCUT2D eigenvalue weighted by molar-refractivity contribution is -0.119. The molecular formula is C13H13FN2O5S3. The fourth-order valence-electron chi connectivity index (χ4n) is 1.81. The number of carbonyl (C=O) groups excluding carboxylic acids is 1. The third-order valence-electron chi connectivity index (χ3n) is 2.93. The van der Waals surface area contributed by atoms with Crippen LogP contribution in [0.2, 0.25) is 0 Å². The number of hydrogen-bond donors (Lipinski definition) is 2. The first-order chi connectivity index (χ1) is 11.0. The van der Waals surface area contributed by atoms with E-state index in [2.05, 4.69) is 5.32 Å². The molecule has 1 heterocycles. The Hall–Kier alpha value is -1.82. The summed E-state index contributed by atoms with van der Waals surface area (Å²) < 4.78 is 60.8. The molecule has 0 bridgehead atoms. The topological polar surface area (TPSA) is 123 Å². The first-order valence-corrected chi connectivity index (χ1v) is 10.3. The Bertz CT molecular complexity index is 996. The summed E-state index contributed by atoms with van der Waals surface area (Å²) in [6.45, 7) is 1.36. The van der Waals surface area contributed by atoms with Gasteiger partial charge in [-0.15, -0.1) is 11.3 Å². The second-order valence-corrected chi connectivity index (χ2v) is 9.81. The van der Waals surface area contributed by atoms with E-state index < -0.39 is 30.6 Å². The van der Waals surface area contributed by atoms with Gasteiger partial charge >= 0.3 is 0 Å². The summed E-state index contributed by atoms with van der Waals surface area (Å²) in [4.78, 5) is 10.3. The predicted octanol–water partition coefficient (Wildman–Crippen LogP) is 1.00. The highest BCUT2D eigenvalue weighted by molar-refractivity contribution is 7.95. The predicted molar refractivity (Wildman–Crippen MR) is 85.1 cm³/mol. The number of carbonyl (C=O) groups is 1. The summed E-state index contributed by atoms with van der Waals surface area (Å²) in [7, 11) is -8.26. The molecule has 0 fully saturated rings. The minimum atomic E-state index is -4.22. The second kappa shape index (κ2) is 6.59. The van der Waals surface area contributed by atoms with Crippen molar-refractivity contribution in [2.75, 3.05) is 0 Å². The zero-order chi connectivity index (χ0) is 18.1. The number of sulfonamides is 1. The molecule has 2 rings (SSSR count). The van der Waals surface area contributed by atoms with Gasteiger partial charge in [0.25, 0.3) is 0 Å². The van der Waals surface area contributed by atoms with Gasteiger partial charge < -0.3 is 5.32 Å². The summed E-state index contributed by atoms with van der Waals surface area (Å²) >= 11 is 0.444. The van der Waals surface area contributed by atoms with E-state index in [0.717, 1.165) is 24.3 Å². The van der Waals surface area contributed by atoms with Gasteiger partial charge in [-0.25, -0.2) is 26.4 Å². The van der Waals surface area contributed by atoms with Gasteiger partial charge in [0.1, 0.15) is 19.1 Å². The zero-order valence-electron chi connectivity index (χ0n) is 12.3. The van der Waals surface area contributed by atoms with Crippen molar-refractivity contribution in [2.45, 2.75) is 26.8 Å². The van der Waals surface area contributed by atoms with Crippen LogP contribution in [0.5, 0.6) is 0 Å². The van der Waals surface area contributed by atoms with Crippen LogP contribution < -0.4 is 10.5 Å². The number of halogens is 1. The summed E-state index contributed by atoms with van der Waals surface area (Å²) in [6.07, 6.45) is 0. The van der Waals surface area contributed by atoms with Crippen molar-refractivity contribution >= 4 is 37.1 Å². The molecule has 0 radical (unpaired) electrons. The van der Waals surface area contributed by atoms with Gasteiger partial charge in [-0.2, -0.15) is 0 Å². The molecule has 0 saturated heterocycles. The maximum atomic E-state index is 14.2. The number of amides is 1. The van der Waals surface area contributed by atoms with E-state index in [4.69, 9.17) is 5.14 Å². The molecule has 0 unspecified atom stereocenters. The largest absolute Gasteiger partial charge is 0.352 e. The molecule has 2 aromatic rings. The van der Waals surface area contributed by atoms with E-state index in [1.54, 1.807) is 0 Å². The Morgan fingerprint density at radius 2 is 1.79 bits per heavy atom. The first kappa shape index (κ1) is 18.5. The first-order valence-electron chi connectivity index (χ1n) is 6.42. The van der Waals surface area contributed by atoms with Gasteiger partial charge in [-0.1, -0.05) is 6.07 Å². The quantitative estimate of drug-likeness (QED) is 0.786. The standard InChI is InChI=1S/C13H13FN2O5S3/c1-8(17)16-7-9-2-3-11(10(14)6-9)23(18,19)12-4-5-13(22-12)24(15,20)21/h2-6H,7H2,1H3,(H,16,17)(H2,15,20,21). The van der Waals surface area contributed by atoms with Crippen LogP contribution >= 0.6 is 11.3 Å². The molecule has 0 aliphatic heterocycles. The smallest absolute Gasteiger partial charge is 0.247 e. The van der Waals surface area contributed by atoms with Crippen molar-refractivity contribution in [2.24, 2.45) is 5.14 Å². The molecule has 0 aliphatic rings. The Kier molecular flexibility index (Phi) is 5.08. The monoisotopic (exact) mass is 392 g/mol. The molecule has 130 valence electrons. The maximum Gasteiger partial charge on any atom is 0.247 e. The van der Waals surface area contributed by atoms with Gasteiger partial charge in [0, 0.05) is 13.5 Å². The average Bonchev–Trinajstić information content (AvgIpc) is 2.95. The molecule has 0 atom stereocenters. The molecule has 1 aromatic heterocycles. The van der Waals surface area contributed by atoms with Gasteiger partial charge in [-0.3, -0.25) is 4.79 Å². The number of hydrogen-bond acceptors (Lipinski definition) is 6. The highest BCUT2D eigenvalue weighted by Crippen LogP contribution is 2.31. The fraction of sp³-hybridized carbons (Fsp3) is 0.154. The molecule has 0 saturated carbocycles. The van der Waals surface area contributed by atoms with Crippen molar-refractivity contribution < 1.29 is 26.0 Å². The number of nitrogens with two attached hydrogens (primary N) is 1. The van der Waals surface area contributed by atoms with Gasteiger partial charge in [0.15, 0.2) is 0 Å². The summed E-state index contributed by atoms with van der Waals surface area (Å²) in [6, 6.07) is 5.54. The lowest BCUT2D eigenvalue weighted by Gasteiger charge is -2.07. The molecule has 0 aliphatic carbocycles. The molecule has 3 N–H and O–H groups in total. The van der Waals surface area contributed by atoms with Gasteiger partial charge in [0.05, 0.1) is 0 Å². The van der Waals surface area contributed by atoms with Crippen molar-refractivity contribution in [3.63, 3.8) is 0 Å². The molecule has 0 spiro atoms. The van der Waals surface area contributed by atoms with Crippen LogP contribution in [0.15, 0.2) is 43.6 Å². The number of primary sulfonamides is 1. The zero-order valence-corrected chi connectivity index (χ0v) is 14.8.